The fourth-order valence-electron chi connectivity index (χ4n) is 3.49. The first-order valence-electron chi connectivity index (χ1n) is 8.87. The lowest BCUT2D eigenvalue weighted by atomic mass is 10.0. The average molecular weight is 442 g/mol. The molecule has 0 aromatic heterocycles. The number of halogens is 4. The Balaban J connectivity index is 0.00000182. The van der Waals surface area contributed by atoms with Crippen molar-refractivity contribution in [3.8, 4) is 0 Å². The lowest BCUT2D eigenvalue weighted by Crippen LogP contribution is -2.49. The van der Waals surface area contributed by atoms with Gasteiger partial charge in [0.15, 0.2) is 0 Å². The molecular formula is C18H27Cl2F2N3OS. The van der Waals surface area contributed by atoms with Crippen LogP contribution in [0.25, 0.3) is 0 Å². The number of hydrogen-bond donors (Lipinski definition) is 2. The van der Waals surface area contributed by atoms with E-state index in [4.69, 9.17) is 0 Å². The highest BCUT2D eigenvalue weighted by Gasteiger charge is 2.24. The maximum atomic E-state index is 13.8. The number of nitrogens with one attached hydrogen (secondary N) is 2. The van der Waals surface area contributed by atoms with Crippen molar-refractivity contribution < 1.29 is 13.6 Å². The van der Waals surface area contributed by atoms with E-state index in [0.29, 0.717) is 13.0 Å². The van der Waals surface area contributed by atoms with Gasteiger partial charge in [-0.05, 0) is 31.5 Å². The molecule has 2 fully saturated rings. The molecule has 2 N–H and O–H groups in total. The Morgan fingerprint density at radius 3 is 2.70 bits per heavy atom. The first-order valence-corrected chi connectivity index (χ1v) is 10.0. The minimum atomic E-state index is -0.507. The van der Waals surface area contributed by atoms with Crippen molar-refractivity contribution >= 4 is 42.5 Å². The molecule has 1 amide bonds. The highest BCUT2D eigenvalue weighted by molar-refractivity contribution is 7.99. The lowest BCUT2D eigenvalue weighted by molar-refractivity contribution is -0.122. The molecule has 0 bridgehead atoms. The van der Waals surface area contributed by atoms with E-state index in [9.17, 15) is 13.6 Å². The molecular weight excluding hydrogens is 415 g/mol. The summed E-state index contributed by atoms with van der Waals surface area (Å²) in [4.78, 5) is 14.3. The molecule has 1 aromatic carbocycles. The Hall–Kier alpha value is -0.600. The van der Waals surface area contributed by atoms with Crippen LogP contribution in [0.5, 0.6) is 0 Å². The summed E-state index contributed by atoms with van der Waals surface area (Å²) in [7, 11) is 0. The summed E-state index contributed by atoms with van der Waals surface area (Å²) in [6.07, 6.45) is 2.32. The third kappa shape index (κ3) is 7.38. The summed E-state index contributed by atoms with van der Waals surface area (Å²) in [5.41, 5.74) is 0.109. The van der Waals surface area contributed by atoms with Crippen LogP contribution in [0.1, 0.15) is 24.8 Å². The van der Waals surface area contributed by atoms with Gasteiger partial charge >= 0.3 is 0 Å². The fraction of sp³-hybridized carbons (Fsp3) is 0.611. The number of carbonyl (C=O) groups is 1. The molecule has 2 unspecified atom stereocenters. The minimum Gasteiger partial charge on any atom is -0.352 e. The van der Waals surface area contributed by atoms with Crippen LogP contribution < -0.4 is 10.6 Å². The number of likely N-dealkylation sites (tertiary alicyclic amines) is 1. The zero-order valence-corrected chi connectivity index (χ0v) is 17.5. The zero-order chi connectivity index (χ0) is 17.6. The van der Waals surface area contributed by atoms with Crippen LogP contribution in [0.2, 0.25) is 0 Å². The second kappa shape index (κ2) is 12.1. The smallest absolute Gasteiger partial charge is 0.221 e. The summed E-state index contributed by atoms with van der Waals surface area (Å²) >= 11 is 1.87. The predicted molar refractivity (Wildman–Crippen MR) is 111 cm³/mol. The maximum absolute atomic E-state index is 13.8. The van der Waals surface area contributed by atoms with Crippen molar-refractivity contribution in [2.45, 2.75) is 37.9 Å². The van der Waals surface area contributed by atoms with Gasteiger partial charge in [0, 0.05) is 55.2 Å². The topological polar surface area (TPSA) is 44.4 Å². The van der Waals surface area contributed by atoms with Gasteiger partial charge in [-0.3, -0.25) is 9.69 Å². The van der Waals surface area contributed by atoms with Gasteiger partial charge in [-0.25, -0.2) is 8.78 Å². The van der Waals surface area contributed by atoms with Crippen LogP contribution in [-0.4, -0.2) is 54.0 Å². The summed E-state index contributed by atoms with van der Waals surface area (Å²) in [6.45, 7) is 2.62. The Kier molecular flexibility index (Phi) is 10.9. The molecule has 2 aliphatic heterocycles. The van der Waals surface area contributed by atoms with Crippen molar-refractivity contribution in [3.05, 3.63) is 35.4 Å². The molecule has 0 spiro atoms. The van der Waals surface area contributed by atoms with Gasteiger partial charge in [0.1, 0.15) is 11.6 Å². The molecule has 2 aliphatic rings. The van der Waals surface area contributed by atoms with Crippen LogP contribution in [-0.2, 0) is 11.3 Å². The van der Waals surface area contributed by atoms with Crippen molar-refractivity contribution in [2.24, 2.45) is 0 Å². The van der Waals surface area contributed by atoms with Gasteiger partial charge in [-0.15, -0.1) is 24.8 Å². The number of hydrogen-bond acceptors (Lipinski definition) is 4. The van der Waals surface area contributed by atoms with Crippen LogP contribution in [0.3, 0.4) is 0 Å². The van der Waals surface area contributed by atoms with E-state index in [1.807, 2.05) is 16.7 Å². The van der Waals surface area contributed by atoms with Crippen molar-refractivity contribution in [3.63, 3.8) is 0 Å². The molecule has 2 heterocycles. The van der Waals surface area contributed by atoms with Crippen molar-refractivity contribution in [2.75, 3.05) is 31.1 Å². The van der Waals surface area contributed by atoms with E-state index in [2.05, 4.69) is 10.6 Å². The summed E-state index contributed by atoms with van der Waals surface area (Å²) in [6, 6.07) is 4.25. The molecule has 4 nitrogen and oxygen atoms in total. The molecule has 0 saturated carbocycles. The highest BCUT2D eigenvalue weighted by atomic mass is 35.5. The number of carbonyl (C=O) groups excluding carboxylic acids is 1. The first kappa shape index (κ1) is 24.4. The predicted octanol–water partition coefficient (Wildman–Crippen LogP) is 2.98. The molecule has 3 rings (SSSR count). The largest absolute Gasteiger partial charge is 0.352 e. The van der Waals surface area contributed by atoms with Crippen LogP contribution >= 0.6 is 36.6 Å². The molecule has 2 atom stereocenters. The van der Waals surface area contributed by atoms with Crippen molar-refractivity contribution in [1.29, 1.82) is 0 Å². The highest BCUT2D eigenvalue weighted by Crippen LogP contribution is 2.18. The number of piperidine rings is 1. The monoisotopic (exact) mass is 441 g/mol. The normalized spacial score (nSPS) is 23.0. The first-order chi connectivity index (χ1) is 12.1. The van der Waals surface area contributed by atoms with Crippen molar-refractivity contribution in [1.82, 2.24) is 15.5 Å². The quantitative estimate of drug-likeness (QED) is 0.736. The average Bonchev–Trinajstić information content (AvgIpc) is 2.59. The summed E-state index contributed by atoms with van der Waals surface area (Å²) in [5, 5.41) is 6.46. The van der Waals surface area contributed by atoms with Gasteiger partial charge < -0.3 is 10.6 Å². The summed E-state index contributed by atoms with van der Waals surface area (Å²) < 4.78 is 27.7. The molecule has 9 heteroatoms. The molecule has 154 valence electrons. The number of thioether (sulfide) groups is 1. The molecule has 0 aliphatic carbocycles. The third-order valence-electron chi connectivity index (χ3n) is 4.74. The van der Waals surface area contributed by atoms with Crippen LogP contribution in [0.15, 0.2) is 18.2 Å². The number of nitrogens with zero attached hydrogens (tertiary/aromatic N) is 1. The van der Waals surface area contributed by atoms with Gasteiger partial charge in [-0.2, -0.15) is 11.8 Å². The van der Waals surface area contributed by atoms with E-state index in [1.54, 1.807) is 0 Å². The van der Waals surface area contributed by atoms with E-state index in [-0.39, 0.29) is 54.9 Å². The Morgan fingerprint density at radius 2 is 2.04 bits per heavy atom. The number of rotatable bonds is 5. The van der Waals surface area contributed by atoms with Crippen LogP contribution in [0, 0.1) is 11.6 Å². The summed E-state index contributed by atoms with van der Waals surface area (Å²) in [5.74, 6) is 1.11. The Morgan fingerprint density at radius 1 is 1.30 bits per heavy atom. The Bertz CT molecular complexity index is 586. The Labute approximate surface area is 176 Å². The maximum Gasteiger partial charge on any atom is 0.221 e. The second-order valence-corrected chi connectivity index (χ2v) is 7.92. The standard InChI is InChI=1S/C18H25F2N3OS.2ClH/c19-16-4-1-5-17(20)15(16)11-23-7-2-3-13(10-23)22-18(24)9-14-12-25-8-6-21-14;;/h1,4-5,13-14,21H,2-3,6-12H2,(H,22,24);2*1H. The number of benzene rings is 1. The van der Waals surface area contributed by atoms with E-state index < -0.39 is 11.6 Å². The SMILES string of the molecule is Cl.Cl.O=C(CC1CSCCN1)NC1CCCN(Cc2c(F)cccc2F)C1. The fourth-order valence-corrected chi connectivity index (χ4v) is 4.43. The van der Waals surface area contributed by atoms with Gasteiger partial charge in [0.05, 0.1) is 0 Å². The zero-order valence-electron chi connectivity index (χ0n) is 15.1. The van der Waals surface area contributed by atoms with Gasteiger partial charge in [0.2, 0.25) is 5.91 Å². The van der Waals surface area contributed by atoms with Gasteiger partial charge in [-0.1, -0.05) is 6.07 Å². The van der Waals surface area contributed by atoms with E-state index >= 15 is 0 Å². The molecule has 2 saturated heterocycles. The third-order valence-corrected chi connectivity index (χ3v) is 5.88. The molecule has 0 radical (unpaired) electrons. The second-order valence-electron chi connectivity index (χ2n) is 6.77. The van der Waals surface area contributed by atoms with Crippen LogP contribution in [0.4, 0.5) is 8.78 Å². The van der Waals surface area contributed by atoms with E-state index in [0.717, 1.165) is 37.4 Å². The molecule has 27 heavy (non-hydrogen) atoms. The lowest BCUT2D eigenvalue weighted by Gasteiger charge is -2.33. The van der Waals surface area contributed by atoms with E-state index in [1.165, 1.54) is 18.2 Å². The van der Waals surface area contributed by atoms with Gasteiger partial charge in [0.25, 0.3) is 0 Å². The number of amides is 1. The molecule has 1 aromatic rings. The minimum absolute atomic E-state index is 0.